The molecule has 0 N–H and O–H groups in total. The van der Waals surface area contributed by atoms with E-state index in [1.165, 1.54) is 0 Å². The molecule has 0 rings (SSSR count). The average molecular weight is 184 g/mol. The number of Topliss-reactive ketones (excluding diaryl/α,β-unsaturated/α-hetero) is 1. The maximum Gasteiger partial charge on any atom is 1.00 e. The normalized spacial score (nSPS) is 16.0. The Bertz CT molecular complexity index is 277. The van der Waals surface area contributed by atoms with Crippen molar-refractivity contribution in [2.45, 2.75) is 19.2 Å². The third-order valence-corrected chi connectivity index (χ3v) is 0.623. The summed E-state index contributed by atoms with van der Waals surface area (Å²) in [6.07, 6.45) is -5.26. The zero-order chi connectivity index (χ0) is 11.6. The van der Waals surface area contributed by atoms with Crippen LogP contribution in [0.2, 0.25) is 0 Å². The predicted octanol–water partition coefficient (Wildman–Crippen LogP) is -3.33. The Labute approximate surface area is 114 Å². The van der Waals surface area contributed by atoms with Crippen molar-refractivity contribution in [2.24, 2.45) is 0 Å². The SMILES string of the molecule is [2H]C([2H])(CC=C)C(=O)C([2H])([2H])C(=O)[O-].[K+]. The summed E-state index contributed by atoms with van der Waals surface area (Å²) in [7, 11) is 0. The van der Waals surface area contributed by atoms with Gasteiger partial charge in [0.2, 0.25) is 0 Å². The van der Waals surface area contributed by atoms with E-state index in [2.05, 4.69) is 6.58 Å². The zero-order valence-corrected chi connectivity index (χ0v) is 9.34. The third-order valence-electron chi connectivity index (χ3n) is 0.623. The molecule has 56 valence electrons. The molecule has 0 aliphatic heterocycles. The number of carbonyl (C=O) groups is 2. The number of carboxylic acids is 1. The topological polar surface area (TPSA) is 57.2 Å². The number of carboxylic acid groups (broad SMARTS) is 1. The summed E-state index contributed by atoms with van der Waals surface area (Å²) in [5.74, 6) is -3.90. The first-order valence-corrected chi connectivity index (χ1v) is 2.53. The molecule has 0 aromatic rings. The van der Waals surface area contributed by atoms with Gasteiger partial charge in [-0.15, -0.1) is 6.58 Å². The maximum absolute atomic E-state index is 11.1. The fraction of sp³-hybridized carbons (Fsp3) is 0.429. The van der Waals surface area contributed by atoms with Crippen molar-refractivity contribution < 1.29 is 71.6 Å². The molecular weight excluding hydrogens is 171 g/mol. The smallest absolute Gasteiger partial charge is 0.550 e. The van der Waals surface area contributed by atoms with Gasteiger partial charge in [-0.2, -0.15) is 0 Å². The second kappa shape index (κ2) is 8.61. The minimum atomic E-state index is -3.31. The van der Waals surface area contributed by atoms with Gasteiger partial charge in [0.1, 0.15) is 5.78 Å². The van der Waals surface area contributed by atoms with Crippen LogP contribution in [0, 0.1) is 0 Å². The Morgan fingerprint density at radius 3 is 2.55 bits per heavy atom. The molecule has 0 atom stereocenters. The van der Waals surface area contributed by atoms with Crippen LogP contribution in [0.5, 0.6) is 0 Å². The minimum Gasteiger partial charge on any atom is -0.550 e. The van der Waals surface area contributed by atoms with Gasteiger partial charge in [0.05, 0.1) is 0 Å². The van der Waals surface area contributed by atoms with Gasteiger partial charge in [0.15, 0.2) is 0 Å². The first kappa shape index (κ1) is 6.97. The van der Waals surface area contributed by atoms with Crippen LogP contribution in [0.4, 0.5) is 0 Å². The van der Waals surface area contributed by atoms with E-state index in [1.807, 2.05) is 0 Å². The van der Waals surface area contributed by atoms with Crippen molar-refractivity contribution in [3.05, 3.63) is 12.7 Å². The van der Waals surface area contributed by atoms with E-state index < -0.39 is 30.9 Å². The van der Waals surface area contributed by atoms with E-state index in [0.29, 0.717) is 0 Å². The molecule has 0 unspecified atom stereocenters. The molecule has 0 aromatic heterocycles. The van der Waals surface area contributed by atoms with Crippen LogP contribution in [0.25, 0.3) is 0 Å². The standard InChI is InChI=1S/C7H10O3.K/c1-2-3-4-6(8)5-7(9)10;/h2H,1,3-5H2,(H,9,10);/q;+1/p-1/i4D2,5D2;. The second-order valence-corrected chi connectivity index (χ2v) is 1.41. The molecule has 11 heavy (non-hydrogen) atoms. The molecule has 0 spiro atoms. The number of hydrogen-bond acceptors (Lipinski definition) is 3. The van der Waals surface area contributed by atoms with Gasteiger partial charge in [0, 0.05) is 24.2 Å². The number of hydrogen-bond donors (Lipinski definition) is 0. The van der Waals surface area contributed by atoms with Crippen molar-refractivity contribution in [2.75, 3.05) is 0 Å². The Morgan fingerprint density at radius 2 is 2.18 bits per heavy atom. The molecule has 0 aromatic carbocycles. The molecule has 0 heterocycles. The fourth-order valence-electron chi connectivity index (χ4n) is 0.302. The van der Waals surface area contributed by atoms with Crippen molar-refractivity contribution in [1.29, 1.82) is 0 Å². The summed E-state index contributed by atoms with van der Waals surface area (Å²) in [4.78, 5) is 21.3. The molecule has 0 aliphatic rings. The number of carbonyl (C=O) groups excluding carboxylic acids is 2. The van der Waals surface area contributed by atoms with E-state index in [9.17, 15) is 14.7 Å². The molecule has 4 heteroatoms. The number of aliphatic carboxylic acids is 1. The predicted molar refractivity (Wildman–Crippen MR) is 34.1 cm³/mol. The number of allylic oxidation sites excluding steroid dienone is 1. The number of rotatable bonds is 5. The first-order chi connectivity index (χ1) is 6.16. The van der Waals surface area contributed by atoms with Crippen LogP contribution >= 0.6 is 0 Å². The van der Waals surface area contributed by atoms with Gasteiger partial charge in [0.25, 0.3) is 0 Å². The number of ketones is 1. The Balaban J connectivity index is 0. The van der Waals surface area contributed by atoms with Gasteiger partial charge in [-0.3, -0.25) is 4.79 Å². The van der Waals surface area contributed by atoms with Gasteiger partial charge in [-0.25, -0.2) is 0 Å². The van der Waals surface area contributed by atoms with Crippen molar-refractivity contribution >= 4 is 11.8 Å². The summed E-state index contributed by atoms with van der Waals surface area (Å²) in [6, 6.07) is 0. The van der Waals surface area contributed by atoms with Crippen LogP contribution in [0.1, 0.15) is 24.6 Å². The zero-order valence-electron chi connectivity index (χ0n) is 10.2. The van der Waals surface area contributed by atoms with Crippen LogP contribution in [0.3, 0.4) is 0 Å². The van der Waals surface area contributed by atoms with Gasteiger partial charge >= 0.3 is 51.4 Å². The fourth-order valence-corrected chi connectivity index (χ4v) is 0.302. The summed E-state index contributed by atoms with van der Waals surface area (Å²) in [5.41, 5.74) is 0. The first-order valence-electron chi connectivity index (χ1n) is 4.53. The van der Waals surface area contributed by atoms with Crippen molar-refractivity contribution in [3.63, 3.8) is 0 Å². The summed E-state index contributed by atoms with van der Waals surface area (Å²) >= 11 is 0. The van der Waals surface area contributed by atoms with Crippen molar-refractivity contribution in [3.8, 4) is 0 Å². The molecule has 3 nitrogen and oxygen atoms in total. The minimum absolute atomic E-state index is 0. The molecule has 0 fully saturated rings. The Hall–Kier alpha value is 0.516. The Kier molecular flexibility index (Phi) is 5.46. The van der Waals surface area contributed by atoms with Crippen LogP contribution < -0.4 is 56.5 Å². The van der Waals surface area contributed by atoms with E-state index in [4.69, 9.17) is 5.48 Å². The summed E-state index contributed by atoms with van der Waals surface area (Å²) in [6.45, 7) is 3.18. The van der Waals surface area contributed by atoms with E-state index in [-0.39, 0.29) is 51.4 Å². The largest absolute Gasteiger partial charge is 1.00 e. The average Bonchev–Trinajstić information content (AvgIpc) is 2.02. The molecule has 0 amide bonds. The van der Waals surface area contributed by atoms with Gasteiger partial charge in [-0.05, 0) is 6.42 Å². The van der Waals surface area contributed by atoms with Gasteiger partial charge < -0.3 is 9.90 Å². The second-order valence-electron chi connectivity index (χ2n) is 1.41. The Morgan fingerprint density at radius 1 is 1.64 bits per heavy atom. The van der Waals surface area contributed by atoms with Crippen LogP contribution in [-0.4, -0.2) is 11.8 Å². The van der Waals surface area contributed by atoms with Crippen LogP contribution in [0.15, 0.2) is 12.7 Å². The van der Waals surface area contributed by atoms with E-state index >= 15 is 0 Å². The summed E-state index contributed by atoms with van der Waals surface area (Å²) in [5, 5.41) is 10.2. The van der Waals surface area contributed by atoms with Gasteiger partial charge in [-0.1, -0.05) is 6.08 Å². The van der Waals surface area contributed by atoms with E-state index in [1.54, 1.807) is 0 Å². The molecule has 0 saturated carbocycles. The van der Waals surface area contributed by atoms with Crippen molar-refractivity contribution in [1.82, 2.24) is 0 Å². The molecular formula is C7H9KO3. The molecule has 0 aliphatic carbocycles. The molecule has 0 bridgehead atoms. The molecule has 0 radical (unpaired) electrons. The summed E-state index contributed by atoms with van der Waals surface area (Å²) < 4.78 is 27.8. The van der Waals surface area contributed by atoms with Crippen LogP contribution in [-0.2, 0) is 9.59 Å². The molecule has 0 saturated heterocycles. The monoisotopic (exact) mass is 184 g/mol. The quantitative estimate of drug-likeness (QED) is 0.255. The maximum atomic E-state index is 11.1. The third kappa shape index (κ3) is 10.5. The van der Waals surface area contributed by atoms with E-state index in [0.717, 1.165) is 6.08 Å².